The monoisotopic (exact) mass is 419 g/mol. The maximum atomic E-state index is 12.8. The van der Waals surface area contributed by atoms with Crippen molar-refractivity contribution in [3.63, 3.8) is 0 Å². The van der Waals surface area contributed by atoms with Crippen molar-refractivity contribution in [2.45, 2.75) is 25.9 Å². The average Bonchev–Trinajstić information content (AvgIpc) is 3.11. The molecule has 3 aromatic rings. The van der Waals surface area contributed by atoms with Crippen LogP contribution in [0.1, 0.15) is 28.5 Å². The average molecular weight is 419 g/mol. The number of rotatable bonds is 8. The first-order valence-electron chi connectivity index (χ1n) is 8.89. The number of aryl methyl sites for hydroxylation is 2. The van der Waals surface area contributed by atoms with Crippen LogP contribution in [0.4, 0.5) is 5.69 Å². The molecule has 2 aromatic heterocycles. The van der Waals surface area contributed by atoms with Crippen LogP contribution in [0.15, 0.2) is 35.6 Å². The Bertz CT molecular complexity index is 1140. The second kappa shape index (κ2) is 8.53. The summed E-state index contributed by atoms with van der Waals surface area (Å²) < 4.78 is 39.6. The van der Waals surface area contributed by atoms with Crippen LogP contribution in [0.2, 0.25) is 0 Å². The van der Waals surface area contributed by atoms with Crippen molar-refractivity contribution in [3.8, 4) is 0 Å². The summed E-state index contributed by atoms with van der Waals surface area (Å²) >= 11 is 0. The molecule has 0 unspecified atom stereocenters. The van der Waals surface area contributed by atoms with E-state index in [4.69, 9.17) is 9.47 Å². The first-order chi connectivity index (χ1) is 13.8. The number of carbonyl (C=O) groups excluding carboxylic acids is 1. The molecule has 0 spiro atoms. The largest absolute Gasteiger partial charge is 0.460 e. The lowest BCUT2D eigenvalue weighted by Crippen LogP contribution is -2.19. The van der Waals surface area contributed by atoms with E-state index in [1.165, 1.54) is 10.6 Å². The third-order valence-corrected chi connectivity index (χ3v) is 5.09. The molecule has 1 N–H and O–H groups in total. The molecule has 10 nitrogen and oxygen atoms in total. The number of hydrogen-bond donors (Lipinski definition) is 1. The Kier molecular flexibility index (Phi) is 6.09. The number of hydrogen-bond acceptors (Lipinski definition) is 8. The van der Waals surface area contributed by atoms with Crippen LogP contribution >= 0.6 is 0 Å². The lowest BCUT2D eigenvalue weighted by Gasteiger charge is -2.13. The second-order valence-electron chi connectivity index (χ2n) is 6.14. The molecule has 0 aliphatic heterocycles. The van der Waals surface area contributed by atoms with E-state index in [0.29, 0.717) is 17.9 Å². The molecule has 0 amide bonds. The molecule has 0 fully saturated rings. The fraction of sp³-hybridized carbons (Fsp3) is 0.333. The van der Waals surface area contributed by atoms with Gasteiger partial charge in [0.25, 0.3) is 21.0 Å². The molecule has 3 rings (SSSR count). The van der Waals surface area contributed by atoms with Gasteiger partial charge in [-0.05, 0) is 38.5 Å². The van der Waals surface area contributed by atoms with Crippen molar-refractivity contribution in [1.82, 2.24) is 19.6 Å². The minimum atomic E-state index is -4.16. The van der Waals surface area contributed by atoms with Gasteiger partial charge in [-0.2, -0.15) is 13.4 Å². The van der Waals surface area contributed by atoms with Crippen molar-refractivity contribution in [2.24, 2.45) is 0 Å². The van der Waals surface area contributed by atoms with Crippen LogP contribution in [0.5, 0.6) is 0 Å². The van der Waals surface area contributed by atoms with Gasteiger partial charge in [0.05, 0.1) is 17.9 Å². The number of esters is 1. The van der Waals surface area contributed by atoms with E-state index in [1.54, 1.807) is 38.2 Å². The summed E-state index contributed by atoms with van der Waals surface area (Å²) in [5.74, 6) is -0.503. The third-order valence-electron chi connectivity index (χ3n) is 3.96. The highest BCUT2D eigenvalue weighted by molar-refractivity contribution is 7.92. The number of para-hydroxylation sites is 1. The van der Waals surface area contributed by atoms with Gasteiger partial charge in [0.1, 0.15) is 6.61 Å². The Morgan fingerprint density at radius 3 is 2.72 bits per heavy atom. The molecule has 0 aliphatic carbocycles. The van der Waals surface area contributed by atoms with E-state index in [2.05, 4.69) is 19.8 Å². The number of anilines is 1. The summed E-state index contributed by atoms with van der Waals surface area (Å²) in [6.07, 6.45) is 1.57. The van der Waals surface area contributed by atoms with Gasteiger partial charge in [-0.25, -0.2) is 14.3 Å². The molecule has 1 aromatic carbocycles. The van der Waals surface area contributed by atoms with E-state index in [-0.39, 0.29) is 30.2 Å². The van der Waals surface area contributed by atoms with Gasteiger partial charge >= 0.3 is 5.97 Å². The predicted octanol–water partition coefficient (Wildman–Crippen LogP) is 1.74. The van der Waals surface area contributed by atoms with Crippen LogP contribution in [-0.2, 0) is 19.5 Å². The van der Waals surface area contributed by atoms with Crippen LogP contribution < -0.4 is 4.72 Å². The normalized spacial score (nSPS) is 11.6. The van der Waals surface area contributed by atoms with Crippen LogP contribution in [0.25, 0.3) is 5.78 Å². The van der Waals surface area contributed by atoms with Gasteiger partial charge in [-0.1, -0.05) is 12.1 Å². The van der Waals surface area contributed by atoms with Crippen LogP contribution in [0, 0.1) is 13.8 Å². The quantitative estimate of drug-likeness (QED) is 0.432. The smallest absolute Gasteiger partial charge is 0.340 e. The van der Waals surface area contributed by atoms with E-state index in [0.717, 1.165) is 0 Å². The van der Waals surface area contributed by atoms with Gasteiger partial charge in [-0.15, -0.1) is 5.10 Å². The molecule has 0 saturated carbocycles. The molecule has 29 heavy (non-hydrogen) atoms. The summed E-state index contributed by atoms with van der Waals surface area (Å²) in [6, 6.07) is 6.48. The Hall–Kier alpha value is -3.05. The Morgan fingerprint density at radius 2 is 1.97 bits per heavy atom. The number of aromatic nitrogens is 4. The molecule has 154 valence electrons. The zero-order valence-corrected chi connectivity index (χ0v) is 17.1. The molecule has 2 heterocycles. The van der Waals surface area contributed by atoms with E-state index < -0.39 is 21.1 Å². The molecular weight excluding hydrogens is 398 g/mol. The Labute approximate surface area is 167 Å². The summed E-state index contributed by atoms with van der Waals surface area (Å²) in [4.78, 5) is 20.5. The number of carbonyl (C=O) groups is 1. The highest BCUT2D eigenvalue weighted by Gasteiger charge is 2.25. The lowest BCUT2D eigenvalue weighted by molar-refractivity contribution is 0.0336. The van der Waals surface area contributed by atoms with Gasteiger partial charge in [0, 0.05) is 18.5 Å². The maximum Gasteiger partial charge on any atom is 0.340 e. The lowest BCUT2D eigenvalue weighted by atomic mass is 10.1. The highest BCUT2D eigenvalue weighted by atomic mass is 32.2. The predicted molar refractivity (Wildman–Crippen MR) is 104 cm³/mol. The SMILES string of the molecule is CCOCCOC(=O)c1cccc(C)c1NS(=O)(=O)c1nc2nc(C)ccn2n1. The van der Waals surface area contributed by atoms with Gasteiger partial charge in [0.15, 0.2) is 0 Å². The van der Waals surface area contributed by atoms with Crippen LogP contribution in [-0.4, -0.2) is 53.8 Å². The fourth-order valence-corrected chi connectivity index (χ4v) is 3.56. The number of nitrogens with zero attached hydrogens (tertiary/aromatic N) is 4. The van der Waals surface area contributed by atoms with Crippen molar-refractivity contribution in [2.75, 3.05) is 24.5 Å². The molecule has 0 radical (unpaired) electrons. The zero-order valence-electron chi connectivity index (χ0n) is 16.2. The molecule has 0 aliphatic rings. The first kappa shape index (κ1) is 20.7. The summed E-state index contributed by atoms with van der Waals surface area (Å²) in [5, 5.41) is 3.51. The van der Waals surface area contributed by atoms with Crippen molar-refractivity contribution >= 4 is 27.5 Å². The highest BCUT2D eigenvalue weighted by Crippen LogP contribution is 2.24. The number of nitrogens with one attached hydrogen (secondary N) is 1. The van der Waals surface area contributed by atoms with Crippen LogP contribution in [0.3, 0.4) is 0 Å². The molecular formula is C18H21N5O5S. The maximum absolute atomic E-state index is 12.8. The minimum absolute atomic E-state index is 0.0613. The number of benzene rings is 1. The first-order valence-corrected chi connectivity index (χ1v) is 10.4. The van der Waals surface area contributed by atoms with Gasteiger partial charge < -0.3 is 9.47 Å². The molecule has 0 atom stereocenters. The summed E-state index contributed by atoms with van der Waals surface area (Å²) in [7, 11) is -4.16. The third kappa shape index (κ3) is 4.69. The van der Waals surface area contributed by atoms with E-state index in [1.807, 2.05) is 6.92 Å². The number of fused-ring (bicyclic) bond motifs is 1. The molecule has 0 bridgehead atoms. The van der Waals surface area contributed by atoms with E-state index >= 15 is 0 Å². The second-order valence-corrected chi connectivity index (χ2v) is 7.72. The number of sulfonamides is 1. The van der Waals surface area contributed by atoms with Crippen molar-refractivity contribution in [3.05, 3.63) is 47.3 Å². The van der Waals surface area contributed by atoms with E-state index in [9.17, 15) is 13.2 Å². The topological polar surface area (TPSA) is 125 Å². The van der Waals surface area contributed by atoms with Gasteiger partial charge in [0.2, 0.25) is 0 Å². The van der Waals surface area contributed by atoms with Gasteiger partial charge in [-0.3, -0.25) is 4.72 Å². The zero-order chi connectivity index (χ0) is 21.0. The molecule has 0 saturated heterocycles. The standard InChI is InChI=1S/C18H21N5O5S/c1-4-27-10-11-28-16(24)14-7-5-6-12(2)15(14)22-29(25,26)18-20-17-19-13(3)8-9-23(17)21-18/h5-9,22H,4,10-11H2,1-3H3. The van der Waals surface area contributed by atoms with Crippen molar-refractivity contribution in [1.29, 1.82) is 0 Å². The Balaban J connectivity index is 1.88. The number of ether oxygens (including phenoxy) is 2. The van der Waals surface area contributed by atoms with Crippen molar-refractivity contribution < 1.29 is 22.7 Å². The minimum Gasteiger partial charge on any atom is -0.460 e. The molecule has 11 heteroatoms. The summed E-state index contributed by atoms with van der Waals surface area (Å²) in [6.45, 7) is 6.10. The fourth-order valence-electron chi connectivity index (χ4n) is 2.53. The summed E-state index contributed by atoms with van der Waals surface area (Å²) in [5.41, 5.74) is 1.42. The Morgan fingerprint density at radius 1 is 1.17 bits per heavy atom.